The van der Waals surface area contributed by atoms with Gasteiger partial charge in [-0.3, -0.25) is 4.79 Å². The number of ether oxygens (including phenoxy) is 1. The van der Waals surface area contributed by atoms with Crippen molar-refractivity contribution in [3.8, 4) is 0 Å². The molecule has 118 valence electrons. The van der Waals surface area contributed by atoms with Gasteiger partial charge in [0.2, 0.25) is 0 Å². The monoisotopic (exact) mass is 356 g/mol. The van der Waals surface area contributed by atoms with Gasteiger partial charge in [0.25, 0.3) is 0 Å². The molecule has 1 aromatic rings. The molecule has 1 atom stereocenters. The molecule has 0 heterocycles. The fourth-order valence-corrected chi connectivity index (χ4v) is 1.76. The molecule has 0 N–H and O–H groups in total. The Labute approximate surface area is 136 Å². The Hall–Kier alpha value is -1.16. The van der Waals surface area contributed by atoms with Gasteiger partial charge < -0.3 is 9.53 Å². The molecule has 0 spiro atoms. The fraction of sp³-hybridized carbons (Fsp3) is 0.529. The van der Waals surface area contributed by atoms with Crippen molar-refractivity contribution in [2.75, 3.05) is 7.11 Å². The topological polar surface area (TPSA) is 43.4 Å². The molecule has 3 nitrogen and oxygen atoms in total. The number of aryl methyl sites for hydroxylation is 1. The average Bonchev–Trinajstić information content (AvgIpc) is 2.48. The lowest BCUT2D eigenvalue weighted by Crippen LogP contribution is -2.25. The van der Waals surface area contributed by atoms with Crippen molar-refractivity contribution in [1.82, 2.24) is 0 Å². The maximum absolute atomic E-state index is 10.8. The van der Waals surface area contributed by atoms with Gasteiger partial charge in [-0.1, -0.05) is 66.5 Å². The third kappa shape index (κ3) is 8.00. The second kappa shape index (κ2) is 9.72. The number of esters is 1. The third-order valence-electron chi connectivity index (χ3n) is 3.55. The van der Waals surface area contributed by atoms with Gasteiger partial charge in [-0.25, -0.2) is 0 Å². The summed E-state index contributed by atoms with van der Waals surface area (Å²) in [4.78, 5) is 21.4. The highest BCUT2D eigenvalue weighted by molar-refractivity contribution is 9.08. The van der Waals surface area contributed by atoms with E-state index in [2.05, 4.69) is 51.9 Å². The molecule has 0 saturated heterocycles. The number of hydrogen-bond donors (Lipinski definition) is 0. The van der Waals surface area contributed by atoms with E-state index in [1.165, 1.54) is 18.2 Å². The summed E-state index contributed by atoms with van der Waals surface area (Å²) < 4.78 is 4.51. The number of carbonyl (C=O) groups excluding carboxylic acids is 2. The van der Waals surface area contributed by atoms with E-state index in [-0.39, 0.29) is 11.9 Å². The van der Waals surface area contributed by atoms with Gasteiger partial charge in [0.1, 0.15) is 6.29 Å². The summed E-state index contributed by atoms with van der Waals surface area (Å²) in [5.74, 6) is -0.250. The second-order valence-electron chi connectivity index (χ2n) is 5.74. The fourth-order valence-electron chi connectivity index (χ4n) is 1.39. The lowest BCUT2D eigenvalue weighted by molar-refractivity contribution is -0.142. The highest BCUT2D eigenvalue weighted by Crippen LogP contribution is 2.26. The van der Waals surface area contributed by atoms with Crippen molar-refractivity contribution in [2.45, 2.75) is 39.4 Å². The molecule has 0 aliphatic heterocycles. The number of methoxy groups -OCH3 is 1. The molecular weight excluding hydrogens is 332 g/mol. The van der Waals surface area contributed by atoms with Crippen molar-refractivity contribution in [3.63, 3.8) is 0 Å². The molecule has 4 heteroatoms. The van der Waals surface area contributed by atoms with E-state index in [0.29, 0.717) is 6.42 Å². The van der Waals surface area contributed by atoms with Gasteiger partial charge in [0.15, 0.2) is 0 Å². The first-order valence-electron chi connectivity index (χ1n) is 6.91. The summed E-state index contributed by atoms with van der Waals surface area (Å²) in [6.07, 6.45) is 1.17. The molecule has 0 amide bonds. The Bertz CT molecular complexity index is 438. The maximum atomic E-state index is 10.8. The molecule has 0 radical (unpaired) electrons. The predicted molar refractivity (Wildman–Crippen MR) is 89.5 cm³/mol. The van der Waals surface area contributed by atoms with E-state index in [0.717, 1.165) is 11.6 Å². The predicted octanol–water partition coefficient (Wildman–Crippen LogP) is 4.30. The van der Waals surface area contributed by atoms with Crippen LogP contribution in [-0.4, -0.2) is 19.4 Å². The number of halogens is 1. The van der Waals surface area contributed by atoms with E-state index < -0.39 is 5.41 Å². The number of aldehydes is 1. The molecule has 0 saturated carbocycles. The second-order valence-corrected chi connectivity index (χ2v) is 6.30. The summed E-state index contributed by atoms with van der Waals surface area (Å²) in [5.41, 5.74) is 2.20. The summed E-state index contributed by atoms with van der Waals surface area (Å²) in [6, 6.07) is 8.50. The number of rotatable bonds is 5. The van der Waals surface area contributed by atoms with E-state index >= 15 is 0 Å². The van der Waals surface area contributed by atoms with Crippen molar-refractivity contribution >= 4 is 28.2 Å². The minimum absolute atomic E-state index is 0.0162. The Kier molecular flexibility index (Phi) is 9.18. The van der Waals surface area contributed by atoms with Crippen LogP contribution in [0.25, 0.3) is 0 Å². The molecule has 0 fully saturated rings. The van der Waals surface area contributed by atoms with E-state index in [1.807, 2.05) is 20.8 Å². The largest absolute Gasteiger partial charge is 0.469 e. The normalized spacial score (nSPS) is 11.9. The highest BCUT2D eigenvalue weighted by atomic mass is 79.9. The van der Waals surface area contributed by atoms with Gasteiger partial charge in [-0.2, -0.15) is 0 Å². The van der Waals surface area contributed by atoms with Crippen molar-refractivity contribution in [2.24, 2.45) is 11.3 Å². The van der Waals surface area contributed by atoms with Crippen LogP contribution in [0.4, 0.5) is 0 Å². The summed E-state index contributed by atoms with van der Waals surface area (Å²) in [5, 5.41) is 0.952. The van der Waals surface area contributed by atoms with Gasteiger partial charge in [-0.15, -0.1) is 0 Å². The standard InChI is InChI=1S/C9H16O3.C8H9Br/c1-7(5-8(11)12-4)9(2,3)6-10;1-7-2-4-8(6-9)5-3-7/h6-7H,5H2,1-4H3;2-5H,6H2,1H3. The zero-order chi connectivity index (χ0) is 16.5. The Morgan fingerprint density at radius 3 is 2.24 bits per heavy atom. The van der Waals surface area contributed by atoms with E-state index in [4.69, 9.17) is 0 Å². The first kappa shape index (κ1) is 19.8. The van der Waals surface area contributed by atoms with Crippen LogP contribution in [0.15, 0.2) is 24.3 Å². The molecule has 0 aliphatic rings. The molecule has 0 aliphatic carbocycles. The molecule has 1 rings (SSSR count). The Morgan fingerprint density at radius 2 is 1.86 bits per heavy atom. The average molecular weight is 357 g/mol. The van der Waals surface area contributed by atoms with Gasteiger partial charge in [-0.05, 0) is 18.4 Å². The zero-order valence-electron chi connectivity index (χ0n) is 13.5. The Morgan fingerprint density at radius 1 is 1.33 bits per heavy atom. The lowest BCUT2D eigenvalue weighted by atomic mass is 9.80. The van der Waals surface area contributed by atoms with Crippen LogP contribution >= 0.6 is 15.9 Å². The summed E-state index contributed by atoms with van der Waals surface area (Å²) in [7, 11) is 1.35. The van der Waals surface area contributed by atoms with Crippen LogP contribution < -0.4 is 0 Å². The number of hydrogen-bond acceptors (Lipinski definition) is 3. The molecule has 1 unspecified atom stereocenters. The van der Waals surface area contributed by atoms with Gasteiger partial charge >= 0.3 is 5.97 Å². The molecule has 0 bridgehead atoms. The molecule has 21 heavy (non-hydrogen) atoms. The summed E-state index contributed by atoms with van der Waals surface area (Å²) in [6.45, 7) is 7.59. The van der Waals surface area contributed by atoms with Crippen molar-refractivity contribution in [1.29, 1.82) is 0 Å². The highest BCUT2D eigenvalue weighted by Gasteiger charge is 2.27. The minimum Gasteiger partial charge on any atom is -0.469 e. The molecular formula is C17H25BrO3. The smallest absolute Gasteiger partial charge is 0.305 e. The van der Waals surface area contributed by atoms with Crippen molar-refractivity contribution in [3.05, 3.63) is 35.4 Å². The zero-order valence-corrected chi connectivity index (χ0v) is 15.1. The van der Waals surface area contributed by atoms with E-state index in [1.54, 1.807) is 0 Å². The molecule has 1 aromatic carbocycles. The van der Waals surface area contributed by atoms with Crippen LogP contribution in [0.5, 0.6) is 0 Å². The quantitative estimate of drug-likeness (QED) is 0.448. The van der Waals surface area contributed by atoms with Gasteiger partial charge in [0.05, 0.1) is 7.11 Å². The van der Waals surface area contributed by atoms with Crippen LogP contribution in [-0.2, 0) is 19.7 Å². The number of alkyl halides is 1. The number of benzene rings is 1. The summed E-state index contributed by atoms with van der Waals surface area (Å²) >= 11 is 3.38. The van der Waals surface area contributed by atoms with Crippen LogP contribution in [0, 0.1) is 18.3 Å². The van der Waals surface area contributed by atoms with Crippen LogP contribution in [0.2, 0.25) is 0 Å². The van der Waals surface area contributed by atoms with Crippen LogP contribution in [0.3, 0.4) is 0 Å². The third-order valence-corrected chi connectivity index (χ3v) is 4.20. The Balaban J connectivity index is 0.000000394. The first-order chi connectivity index (χ1) is 9.76. The lowest BCUT2D eigenvalue weighted by Gasteiger charge is -2.24. The van der Waals surface area contributed by atoms with Gasteiger partial charge in [0, 0.05) is 17.2 Å². The molecule has 0 aromatic heterocycles. The van der Waals surface area contributed by atoms with E-state index in [9.17, 15) is 9.59 Å². The number of carbonyl (C=O) groups is 2. The van der Waals surface area contributed by atoms with Crippen LogP contribution in [0.1, 0.15) is 38.3 Å². The SMILES string of the molecule is COC(=O)CC(C)C(C)(C)C=O.Cc1ccc(CBr)cc1. The minimum atomic E-state index is -0.450. The maximum Gasteiger partial charge on any atom is 0.305 e. The first-order valence-corrected chi connectivity index (χ1v) is 8.03. The van der Waals surface area contributed by atoms with Crippen molar-refractivity contribution < 1.29 is 14.3 Å².